The lowest BCUT2D eigenvalue weighted by atomic mass is 9.72. The maximum atomic E-state index is 12.9. The van der Waals surface area contributed by atoms with E-state index in [2.05, 4.69) is 31.4 Å². The number of anilines is 1. The second kappa shape index (κ2) is 7.76. The van der Waals surface area contributed by atoms with E-state index in [0.717, 1.165) is 24.8 Å². The number of rotatable bonds is 4. The van der Waals surface area contributed by atoms with Gasteiger partial charge in [0.1, 0.15) is 5.00 Å². The van der Waals surface area contributed by atoms with Crippen LogP contribution in [-0.2, 0) is 12.8 Å². The summed E-state index contributed by atoms with van der Waals surface area (Å²) in [4.78, 5) is 27.4. The van der Waals surface area contributed by atoms with E-state index in [0.29, 0.717) is 21.4 Å². The molecular formula is C21H28N2O2S2. The van der Waals surface area contributed by atoms with E-state index >= 15 is 0 Å². The molecule has 2 amide bonds. The molecule has 1 unspecified atom stereocenters. The van der Waals surface area contributed by atoms with Crippen molar-refractivity contribution in [1.29, 1.82) is 0 Å². The summed E-state index contributed by atoms with van der Waals surface area (Å²) in [5.41, 5.74) is 2.03. The molecule has 0 saturated carbocycles. The predicted molar refractivity (Wildman–Crippen MR) is 114 cm³/mol. The largest absolute Gasteiger partial charge is 0.350 e. The van der Waals surface area contributed by atoms with Crippen LogP contribution in [0.25, 0.3) is 0 Å². The fourth-order valence-electron chi connectivity index (χ4n) is 3.56. The zero-order chi connectivity index (χ0) is 19.8. The van der Waals surface area contributed by atoms with Gasteiger partial charge in [-0.3, -0.25) is 9.59 Å². The highest BCUT2D eigenvalue weighted by atomic mass is 32.1. The van der Waals surface area contributed by atoms with Crippen molar-refractivity contribution in [3.63, 3.8) is 0 Å². The second-order valence-electron chi connectivity index (χ2n) is 8.57. The van der Waals surface area contributed by atoms with Crippen molar-refractivity contribution in [2.75, 3.05) is 5.32 Å². The maximum Gasteiger partial charge on any atom is 0.266 e. The molecule has 0 radical (unpaired) electrons. The average Bonchev–Trinajstić information content (AvgIpc) is 3.20. The number of carbonyl (C=O) groups excluding carboxylic acids is 2. The molecule has 3 rings (SSSR count). The van der Waals surface area contributed by atoms with Crippen LogP contribution in [-0.4, -0.2) is 17.9 Å². The van der Waals surface area contributed by atoms with Crippen molar-refractivity contribution >= 4 is 39.5 Å². The van der Waals surface area contributed by atoms with Gasteiger partial charge in [0.25, 0.3) is 11.8 Å². The summed E-state index contributed by atoms with van der Waals surface area (Å²) >= 11 is 2.98. The average molecular weight is 405 g/mol. The fourth-order valence-corrected chi connectivity index (χ4v) is 5.50. The van der Waals surface area contributed by atoms with Gasteiger partial charge >= 0.3 is 0 Å². The smallest absolute Gasteiger partial charge is 0.266 e. The molecule has 0 saturated heterocycles. The third-order valence-corrected chi connectivity index (χ3v) is 7.15. The minimum atomic E-state index is -0.144. The van der Waals surface area contributed by atoms with Crippen LogP contribution in [0.2, 0.25) is 0 Å². The Labute approximate surface area is 169 Å². The van der Waals surface area contributed by atoms with Gasteiger partial charge in [0.05, 0.1) is 10.4 Å². The number of hydrogen-bond acceptors (Lipinski definition) is 4. The Balaban J connectivity index is 1.95. The number of thiophene rings is 2. The molecule has 2 aromatic rings. The molecule has 2 N–H and O–H groups in total. The van der Waals surface area contributed by atoms with Crippen LogP contribution in [0.1, 0.15) is 71.5 Å². The Bertz CT molecular complexity index is 829. The van der Waals surface area contributed by atoms with Crippen LogP contribution in [0.5, 0.6) is 0 Å². The topological polar surface area (TPSA) is 58.2 Å². The minimum Gasteiger partial charge on any atom is -0.350 e. The first-order valence-corrected chi connectivity index (χ1v) is 11.2. The van der Waals surface area contributed by atoms with Gasteiger partial charge in [-0.15, -0.1) is 22.7 Å². The summed E-state index contributed by atoms with van der Waals surface area (Å²) in [6.07, 6.45) is 2.94. The van der Waals surface area contributed by atoms with Gasteiger partial charge in [0, 0.05) is 10.9 Å². The summed E-state index contributed by atoms with van der Waals surface area (Å²) < 4.78 is 0. The third kappa shape index (κ3) is 4.43. The quantitative estimate of drug-likeness (QED) is 0.721. The van der Waals surface area contributed by atoms with Crippen LogP contribution < -0.4 is 10.6 Å². The van der Waals surface area contributed by atoms with Gasteiger partial charge in [-0.05, 0) is 61.5 Å². The summed E-state index contributed by atoms with van der Waals surface area (Å²) in [7, 11) is 0. The molecule has 0 aromatic carbocycles. The molecule has 6 heteroatoms. The maximum absolute atomic E-state index is 12.9. The molecule has 0 spiro atoms. The second-order valence-corrected chi connectivity index (χ2v) is 10.6. The molecule has 0 fully saturated rings. The van der Waals surface area contributed by atoms with Gasteiger partial charge in [-0.25, -0.2) is 0 Å². The molecule has 0 aliphatic heterocycles. The number of nitrogens with one attached hydrogen (secondary N) is 2. The van der Waals surface area contributed by atoms with Crippen LogP contribution in [0.3, 0.4) is 0 Å². The first-order valence-electron chi connectivity index (χ1n) is 9.47. The van der Waals surface area contributed by atoms with Crippen molar-refractivity contribution in [3.05, 3.63) is 38.4 Å². The highest BCUT2D eigenvalue weighted by molar-refractivity contribution is 7.17. The highest BCUT2D eigenvalue weighted by Crippen LogP contribution is 2.44. The first kappa shape index (κ1) is 20.1. The van der Waals surface area contributed by atoms with E-state index in [4.69, 9.17) is 0 Å². The lowest BCUT2D eigenvalue weighted by Gasteiger charge is -2.33. The summed E-state index contributed by atoms with van der Waals surface area (Å²) in [5, 5.41) is 8.58. The van der Waals surface area contributed by atoms with E-state index in [1.807, 2.05) is 25.3 Å². The van der Waals surface area contributed by atoms with Gasteiger partial charge in [0.15, 0.2) is 0 Å². The van der Waals surface area contributed by atoms with Crippen LogP contribution in [0, 0.1) is 11.3 Å². The summed E-state index contributed by atoms with van der Waals surface area (Å²) in [5.74, 6) is 0.360. The number of amides is 2. The van der Waals surface area contributed by atoms with Crippen LogP contribution >= 0.6 is 22.7 Å². The van der Waals surface area contributed by atoms with E-state index < -0.39 is 0 Å². The van der Waals surface area contributed by atoms with Crippen molar-refractivity contribution in [1.82, 2.24) is 5.32 Å². The van der Waals surface area contributed by atoms with Crippen molar-refractivity contribution in [3.8, 4) is 0 Å². The van der Waals surface area contributed by atoms with Crippen LogP contribution in [0.15, 0.2) is 17.5 Å². The lowest BCUT2D eigenvalue weighted by molar-refractivity contribution is 0.0943. The molecule has 27 heavy (non-hydrogen) atoms. The van der Waals surface area contributed by atoms with E-state index in [1.54, 1.807) is 17.4 Å². The monoisotopic (exact) mass is 404 g/mol. The Morgan fingerprint density at radius 3 is 2.56 bits per heavy atom. The number of fused-ring (bicyclic) bond motifs is 1. The Morgan fingerprint density at radius 2 is 1.96 bits per heavy atom. The van der Waals surface area contributed by atoms with Crippen LogP contribution in [0.4, 0.5) is 5.00 Å². The lowest BCUT2D eigenvalue weighted by Crippen LogP contribution is -2.32. The standard InChI is InChI=1S/C21H28N2O2S2/c1-12(2)22-19(25)17-14-9-8-13(21(3,4)5)11-16(14)27-20(17)23-18(24)15-7-6-10-26-15/h6-7,10,12-13H,8-9,11H2,1-5H3,(H,22,25)(H,23,24). The Hall–Kier alpha value is -1.66. The van der Waals surface area contributed by atoms with Gasteiger partial charge in [-0.1, -0.05) is 26.8 Å². The molecule has 2 heterocycles. The highest BCUT2D eigenvalue weighted by Gasteiger charge is 2.34. The molecule has 1 atom stereocenters. The fraction of sp³-hybridized carbons (Fsp3) is 0.524. The van der Waals surface area contributed by atoms with Crippen molar-refractivity contribution in [2.24, 2.45) is 11.3 Å². The van der Waals surface area contributed by atoms with E-state index in [1.165, 1.54) is 16.2 Å². The molecule has 146 valence electrons. The molecular weight excluding hydrogens is 376 g/mol. The van der Waals surface area contributed by atoms with Crippen molar-refractivity contribution in [2.45, 2.75) is 59.9 Å². The summed E-state index contributed by atoms with van der Waals surface area (Å²) in [6.45, 7) is 10.7. The Morgan fingerprint density at radius 1 is 1.22 bits per heavy atom. The van der Waals surface area contributed by atoms with Crippen molar-refractivity contribution < 1.29 is 9.59 Å². The van der Waals surface area contributed by atoms with Gasteiger partial charge < -0.3 is 10.6 Å². The SMILES string of the molecule is CC(C)NC(=O)c1c(NC(=O)c2cccs2)sc2c1CCC(C(C)(C)C)C2. The normalized spacial score (nSPS) is 16.9. The number of hydrogen-bond donors (Lipinski definition) is 2. The molecule has 2 aromatic heterocycles. The van der Waals surface area contributed by atoms with E-state index in [-0.39, 0.29) is 23.3 Å². The van der Waals surface area contributed by atoms with Gasteiger partial charge in [-0.2, -0.15) is 0 Å². The zero-order valence-electron chi connectivity index (χ0n) is 16.6. The van der Waals surface area contributed by atoms with Gasteiger partial charge in [0.2, 0.25) is 0 Å². The zero-order valence-corrected chi connectivity index (χ0v) is 18.3. The third-order valence-electron chi connectivity index (χ3n) is 5.11. The van der Waals surface area contributed by atoms with E-state index in [9.17, 15) is 9.59 Å². The summed E-state index contributed by atoms with van der Waals surface area (Å²) in [6, 6.07) is 3.72. The minimum absolute atomic E-state index is 0.0554. The predicted octanol–water partition coefficient (Wildman–Crippen LogP) is 5.35. The molecule has 0 bridgehead atoms. The molecule has 1 aliphatic rings. The first-order chi connectivity index (χ1) is 12.7. The molecule has 1 aliphatic carbocycles. The molecule has 4 nitrogen and oxygen atoms in total. The number of carbonyl (C=O) groups is 2. The Kier molecular flexibility index (Phi) is 5.77.